The summed E-state index contributed by atoms with van der Waals surface area (Å²) in [6, 6.07) is 27.5. The molecule has 0 aromatic heterocycles. The van der Waals surface area contributed by atoms with Crippen molar-refractivity contribution in [2.24, 2.45) is 0 Å². The highest BCUT2D eigenvalue weighted by Crippen LogP contribution is 2.43. The minimum absolute atomic E-state index is 0.113. The molecule has 0 N–H and O–H groups in total. The van der Waals surface area contributed by atoms with Crippen LogP contribution in [0, 0.1) is 0 Å². The second-order valence-electron chi connectivity index (χ2n) is 9.51. The van der Waals surface area contributed by atoms with Crippen LogP contribution in [0.5, 0.6) is 0 Å². The molecule has 34 heavy (non-hydrogen) atoms. The van der Waals surface area contributed by atoms with Crippen LogP contribution in [0.25, 0.3) is 21.5 Å². The van der Waals surface area contributed by atoms with E-state index in [1.807, 2.05) is 12.1 Å². The number of para-hydroxylation sites is 1. The minimum Gasteiger partial charge on any atom is -0.379 e. The van der Waals surface area contributed by atoms with Crippen LogP contribution in [0.15, 0.2) is 78.9 Å². The Morgan fingerprint density at radius 1 is 0.853 bits per heavy atom. The standard InChI is InChI=1S/C30H30N2O2/c1-21-29(26-10-4-5-12-28(26)32(21)14-13-31-15-17-34-18-16-31)30(33)25-11-6-9-24-19-22-7-2-3-8-23(22)20-27(24)25/h2-12,19-21,29H,13-18H2,1H3. The largest absolute Gasteiger partial charge is 0.379 e. The number of anilines is 1. The molecule has 1 saturated heterocycles. The maximum absolute atomic E-state index is 14.2. The Hall–Kier alpha value is -3.21. The van der Waals surface area contributed by atoms with E-state index in [-0.39, 0.29) is 17.7 Å². The maximum atomic E-state index is 14.2. The zero-order valence-electron chi connectivity index (χ0n) is 19.6. The number of morpholine rings is 1. The Bertz CT molecular complexity index is 1360. The first kappa shape index (κ1) is 21.3. The minimum atomic E-state index is -0.169. The molecule has 0 aliphatic carbocycles. The molecular weight excluding hydrogens is 420 g/mol. The fraction of sp³-hybridized carbons (Fsp3) is 0.300. The van der Waals surface area contributed by atoms with Crippen LogP contribution in [0.1, 0.15) is 28.8 Å². The molecule has 2 unspecified atom stereocenters. The predicted molar refractivity (Wildman–Crippen MR) is 139 cm³/mol. The molecule has 4 aromatic rings. The molecule has 0 saturated carbocycles. The van der Waals surface area contributed by atoms with Crippen LogP contribution in [-0.2, 0) is 4.74 Å². The van der Waals surface area contributed by atoms with Crippen LogP contribution >= 0.6 is 0 Å². The van der Waals surface area contributed by atoms with Crippen molar-refractivity contribution in [1.29, 1.82) is 0 Å². The lowest BCUT2D eigenvalue weighted by atomic mass is 9.85. The van der Waals surface area contributed by atoms with Gasteiger partial charge in [-0.15, -0.1) is 0 Å². The van der Waals surface area contributed by atoms with Crippen molar-refractivity contribution in [3.05, 3.63) is 90.0 Å². The molecule has 0 radical (unpaired) electrons. The van der Waals surface area contributed by atoms with E-state index in [2.05, 4.69) is 83.5 Å². The highest BCUT2D eigenvalue weighted by molar-refractivity contribution is 6.14. The van der Waals surface area contributed by atoms with Gasteiger partial charge in [-0.3, -0.25) is 9.69 Å². The van der Waals surface area contributed by atoms with Crippen LogP contribution in [-0.4, -0.2) is 56.1 Å². The summed E-state index contributed by atoms with van der Waals surface area (Å²) in [7, 11) is 0. The zero-order valence-corrected chi connectivity index (χ0v) is 19.6. The van der Waals surface area contributed by atoms with Crippen LogP contribution in [0.2, 0.25) is 0 Å². The van der Waals surface area contributed by atoms with Crippen molar-refractivity contribution in [2.45, 2.75) is 18.9 Å². The number of carbonyl (C=O) groups excluding carboxylic acids is 1. The molecule has 172 valence electrons. The van der Waals surface area contributed by atoms with Crippen molar-refractivity contribution >= 4 is 33.0 Å². The van der Waals surface area contributed by atoms with Crippen molar-refractivity contribution in [1.82, 2.24) is 4.90 Å². The summed E-state index contributed by atoms with van der Waals surface area (Å²) < 4.78 is 5.51. The molecule has 6 rings (SSSR count). The van der Waals surface area contributed by atoms with E-state index >= 15 is 0 Å². The lowest BCUT2D eigenvalue weighted by Gasteiger charge is -2.32. The number of hydrogen-bond acceptors (Lipinski definition) is 4. The second-order valence-corrected chi connectivity index (χ2v) is 9.51. The van der Waals surface area contributed by atoms with E-state index in [4.69, 9.17) is 4.74 Å². The molecule has 2 atom stereocenters. The predicted octanol–water partition coefficient (Wildman–Crippen LogP) is 5.50. The summed E-state index contributed by atoms with van der Waals surface area (Å²) in [5, 5.41) is 4.53. The number of ketones is 1. The lowest BCUT2D eigenvalue weighted by molar-refractivity contribution is 0.0390. The first-order valence-corrected chi connectivity index (χ1v) is 12.3. The summed E-state index contributed by atoms with van der Waals surface area (Å²) >= 11 is 0. The maximum Gasteiger partial charge on any atom is 0.173 e. The van der Waals surface area contributed by atoms with E-state index in [1.165, 1.54) is 16.5 Å². The smallest absolute Gasteiger partial charge is 0.173 e. The van der Waals surface area contributed by atoms with Gasteiger partial charge >= 0.3 is 0 Å². The zero-order chi connectivity index (χ0) is 23.1. The van der Waals surface area contributed by atoms with Crippen molar-refractivity contribution in [3.8, 4) is 0 Å². The number of fused-ring (bicyclic) bond motifs is 3. The number of nitrogens with zero attached hydrogens (tertiary/aromatic N) is 2. The topological polar surface area (TPSA) is 32.8 Å². The van der Waals surface area contributed by atoms with Gasteiger partial charge in [0.1, 0.15) is 0 Å². The van der Waals surface area contributed by atoms with Gasteiger partial charge in [-0.25, -0.2) is 0 Å². The van der Waals surface area contributed by atoms with E-state index in [1.54, 1.807) is 0 Å². The average molecular weight is 451 g/mol. The Balaban J connectivity index is 1.35. The van der Waals surface area contributed by atoms with Gasteiger partial charge in [-0.05, 0) is 52.2 Å². The summed E-state index contributed by atoms with van der Waals surface area (Å²) in [5.74, 6) is 0.0488. The highest BCUT2D eigenvalue weighted by Gasteiger charge is 2.40. The lowest BCUT2D eigenvalue weighted by Crippen LogP contribution is -2.43. The van der Waals surface area contributed by atoms with E-state index < -0.39 is 0 Å². The first-order valence-electron chi connectivity index (χ1n) is 12.3. The number of benzene rings is 4. The number of carbonyl (C=O) groups is 1. The van der Waals surface area contributed by atoms with Gasteiger partial charge in [-0.1, -0.05) is 60.7 Å². The van der Waals surface area contributed by atoms with Crippen molar-refractivity contribution < 1.29 is 9.53 Å². The molecule has 0 spiro atoms. The molecule has 4 heteroatoms. The normalized spacial score (nSPS) is 20.7. The molecule has 2 aliphatic heterocycles. The number of rotatable bonds is 5. The monoisotopic (exact) mass is 450 g/mol. The summed E-state index contributed by atoms with van der Waals surface area (Å²) in [6.45, 7) is 7.70. The molecule has 4 aromatic carbocycles. The van der Waals surface area contributed by atoms with Gasteiger partial charge in [0.2, 0.25) is 0 Å². The third-order valence-corrected chi connectivity index (χ3v) is 7.61. The molecule has 2 aliphatic rings. The van der Waals surface area contributed by atoms with E-state index in [9.17, 15) is 4.79 Å². The van der Waals surface area contributed by atoms with E-state index in [0.29, 0.717) is 0 Å². The Kier molecular flexibility index (Phi) is 5.56. The third kappa shape index (κ3) is 3.67. The Morgan fingerprint density at radius 2 is 1.56 bits per heavy atom. The molecule has 4 nitrogen and oxygen atoms in total. The van der Waals surface area contributed by atoms with Gasteiger partial charge in [0.25, 0.3) is 0 Å². The van der Waals surface area contributed by atoms with Gasteiger partial charge in [0.05, 0.1) is 19.1 Å². The summed E-state index contributed by atoms with van der Waals surface area (Å²) in [5.41, 5.74) is 3.18. The number of hydrogen-bond donors (Lipinski definition) is 0. The number of ether oxygens (including phenoxy) is 1. The molecule has 0 bridgehead atoms. The molecular formula is C30H30N2O2. The van der Waals surface area contributed by atoms with Crippen molar-refractivity contribution in [3.63, 3.8) is 0 Å². The van der Waals surface area contributed by atoms with Gasteiger partial charge in [0.15, 0.2) is 5.78 Å². The van der Waals surface area contributed by atoms with Crippen molar-refractivity contribution in [2.75, 3.05) is 44.3 Å². The van der Waals surface area contributed by atoms with E-state index in [0.717, 1.165) is 61.3 Å². The Morgan fingerprint density at radius 3 is 2.38 bits per heavy atom. The average Bonchev–Trinajstić information content (AvgIpc) is 3.17. The fourth-order valence-electron chi connectivity index (χ4n) is 5.78. The first-order chi connectivity index (χ1) is 16.7. The number of Topliss-reactive ketones (excluding diaryl/α,β-unsaturated/α-hetero) is 1. The molecule has 1 fully saturated rings. The SMILES string of the molecule is CC1C(C(=O)c2cccc3cc4ccccc4cc23)c2ccccc2N1CCN1CCOCC1. The van der Waals surface area contributed by atoms with Gasteiger partial charge < -0.3 is 9.64 Å². The fourth-order valence-corrected chi connectivity index (χ4v) is 5.78. The molecule has 2 heterocycles. The summed E-state index contributed by atoms with van der Waals surface area (Å²) in [6.07, 6.45) is 0. The highest BCUT2D eigenvalue weighted by atomic mass is 16.5. The van der Waals surface area contributed by atoms with Crippen LogP contribution < -0.4 is 4.90 Å². The molecule has 0 amide bonds. The van der Waals surface area contributed by atoms with Crippen LogP contribution in [0.3, 0.4) is 0 Å². The summed E-state index contributed by atoms with van der Waals surface area (Å²) in [4.78, 5) is 19.1. The van der Waals surface area contributed by atoms with Gasteiger partial charge in [0, 0.05) is 43.5 Å². The third-order valence-electron chi connectivity index (χ3n) is 7.61. The quantitative estimate of drug-likeness (QED) is 0.297. The Labute approximate surface area is 200 Å². The van der Waals surface area contributed by atoms with Gasteiger partial charge in [-0.2, -0.15) is 0 Å². The second kappa shape index (κ2) is 8.86. The van der Waals surface area contributed by atoms with Crippen LogP contribution in [0.4, 0.5) is 5.69 Å².